The highest BCUT2D eigenvalue weighted by atomic mass is 35.5. The number of hydrogen-bond acceptors (Lipinski definition) is 5. The van der Waals surface area contributed by atoms with Crippen LogP contribution in [0.2, 0.25) is 5.15 Å². The Morgan fingerprint density at radius 3 is 2.65 bits per heavy atom. The number of halogens is 3. The van der Waals surface area contributed by atoms with Crippen LogP contribution in [0, 0.1) is 0 Å². The lowest BCUT2D eigenvalue weighted by Gasteiger charge is -2.43. The van der Waals surface area contributed by atoms with Crippen LogP contribution in [0.25, 0.3) is 0 Å². The molecule has 3 rings (SSSR count). The van der Waals surface area contributed by atoms with E-state index in [4.69, 9.17) is 16.3 Å². The van der Waals surface area contributed by atoms with E-state index in [-0.39, 0.29) is 24.0 Å². The Morgan fingerprint density at radius 1 is 1.35 bits per heavy atom. The summed E-state index contributed by atoms with van der Waals surface area (Å²) in [4.78, 5) is 15.9. The van der Waals surface area contributed by atoms with Gasteiger partial charge in [-0.1, -0.05) is 23.8 Å². The minimum atomic E-state index is -2.98. The summed E-state index contributed by atoms with van der Waals surface area (Å²) in [6.07, 6.45) is 3.34. The number of carbonyl (C=O) groups excluding carboxylic acids is 1. The summed E-state index contributed by atoms with van der Waals surface area (Å²) >= 11 is 6.02. The number of aromatic nitrogens is 2. The molecule has 0 spiro atoms. The van der Waals surface area contributed by atoms with E-state index >= 15 is 0 Å². The topological polar surface area (TPSA) is 58.6 Å². The van der Waals surface area contributed by atoms with E-state index in [9.17, 15) is 13.6 Å². The van der Waals surface area contributed by atoms with E-state index in [1.807, 2.05) is 4.90 Å². The zero-order chi connectivity index (χ0) is 23.0. The van der Waals surface area contributed by atoms with Gasteiger partial charge in [0.1, 0.15) is 11.6 Å². The summed E-state index contributed by atoms with van der Waals surface area (Å²) in [7, 11) is 0. The van der Waals surface area contributed by atoms with Gasteiger partial charge in [-0.3, -0.25) is 4.90 Å². The van der Waals surface area contributed by atoms with Crippen molar-refractivity contribution in [3.8, 4) is 0 Å². The standard InChI is InChI=1S/C22H29ClF2N4O2/c1-6-8-14-10-18(23)26-27-19(14)28(9-7-2)15-11-16-13-22(24,25)17(12-15)29(16)20(30)31-21(3,4)5/h6-7,10,15-17H,1-2,8-9,11-13H2,3-5H3/t15-,16+,17?/m1/s1. The van der Waals surface area contributed by atoms with Crippen molar-refractivity contribution in [2.24, 2.45) is 0 Å². The maximum absolute atomic E-state index is 14.9. The van der Waals surface area contributed by atoms with E-state index in [1.165, 1.54) is 4.90 Å². The third kappa shape index (κ3) is 5.00. The molecule has 2 fully saturated rings. The van der Waals surface area contributed by atoms with Gasteiger partial charge in [0.25, 0.3) is 5.92 Å². The van der Waals surface area contributed by atoms with E-state index in [1.54, 1.807) is 39.0 Å². The molecule has 1 amide bonds. The number of fused-ring (bicyclic) bond motifs is 2. The zero-order valence-corrected chi connectivity index (χ0v) is 18.9. The van der Waals surface area contributed by atoms with Crippen LogP contribution >= 0.6 is 11.6 Å². The largest absolute Gasteiger partial charge is 0.444 e. The summed E-state index contributed by atoms with van der Waals surface area (Å²) in [6.45, 7) is 13.2. The number of rotatable bonds is 6. The molecule has 1 aromatic heterocycles. The monoisotopic (exact) mass is 454 g/mol. The first-order chi connectivity index (χ1) is 14.5. The molecule has 0 radical (unpaired) electrons. The Balaban J connectivity index is 1.91. The van der Waals surface area contributed by atoms with Crippen molar-refractivity contribution >= 4 is 23.5 Å². The van der Waals surface area contributed by atoms with Gasteiger partial charge < -0.3 is 9.64 Å². The predicted octanol–water partition coefficient (Wildman–Crippen LogP) is 5.03. The highest BCUT2D eigenvalue weighted by molar-refractivity contribution is 6.29. The molecule has 2 aliphatic rings. The maximum Gasteiger partial charge on any atom is 0.411 e. The Labute approximate surface area is 186 Å². The lowest BCUT2D eigenvalue weighted by atomic mass is 9.95. The van der Waals surface area contributed by atoms with Gasteiger partial charge in [-0.25, -0.2) is 13.6 Å². The number of carbonyl (C=O) groups is 1. The number of amides is 1. The molecule has 6 nitrogen and oxygen atoms in total. The number of alkyl halides is 2. The number of piperidine rings is 1. The zero-order valence-electron chi connectivity index (χ0n) is 18.2. The van der Waals surface area contributed by atoms with Crippen LogP contribution in [-0.2, 0) is 11.2 Å². The van der Waals surface area contributed by atoms with Crippen LogP contribution in [-0.4, -0.2) is 57.4 Å². The molecule has 9 heteroatoms. The fourth-order valence-electron chi connectivity index (χ4n) is 4.49. The summed E-state index contributed by atoms with van der Waals surface area (Å²) in [5.74, 6) is -2.41. The SMILES string of the molecule is C=CCc1cc(Cl)nnc1N(CC=C)[C@H]1CC2N(C(=O)OC(C)(C)C)[C@@H](C1)CC2(F)F. The average molecular weight is 455 g/mol. The first-order valence-corrected chi connectivity index (χ1v) is 10.7. The summed E-state index contributed by atoms with van der Waals surface area (Å²) in [5, 5.41) is 8.47. The summed E-state index contributed by atoms with van der Waals surface area (Å²) in [5.41, 5.74) is 0.0567. The van der Waals surface area contributed by atoms with Crippen molar-refractivity contribution in [2.75, 3.05) is 11.4 Å². The number of allylic oxidation sites excluding steroid dienone is 1. The van der Waals surface area contributed by atoms with Crippen molar-refractivity contribution in [2.45, 2.75) is 76.1 Å². The quantitative estimate of drug-likeness (QED) is 0.564. The Morgan fingerprint density at radius 2 is 2.06 bits per heavy atom. The predicted molar refractivity (Wildman–Crippen MR) is 117 cm³/mol. The van der Waals surface area contributed by atoms with Crippen LogP contribution in [0.5, 0.6) is 0 Å². The summed E-state index contributed by atoms with van der Waals surface area (Å²) in [6, 6.07) is -0.412. The first-order valence-electron chi connectivity index (χ1n) is 10.4. The molecule has 0 saturated carbocycles. The highest BCUT2D eigenvalue weighted by Gasteiger charge is 2.60. The van der Waals surface area contributed by atoms with Gasteiger partial charge >= 0.3 is 6.09 Å². The van der Waals surface area contributed by atoms with Crippen molar-refractivity contribution in [3.63, 3.8) is 0 Å². The van der Waals surface area contributed by atoms with Gasteiger partial charge in [0.15, 0.2) is 11.0 Å². The molecule has 2 saturated heterocycles. The third-order valence-electron chi connectivity index (χ3n) is 5.59. The number of anilines is 1. The fraction of sp³-hybridized carbons (Fsp3) is 0.591. The second kappa shape index (κ2) is 8.73. The van der Waals surface area contributed by atoms with Gasteiger partial charge in [-0.05, 0) is 46.1 Å². The van der Waals surface area contributed by atoms with Crippen LogP contribution in [0.4, 0.5) is 19.4 Å². The molecule has 0 aliphatic carbocycles. The van der Waals surface area contributed by atoms with E-state index in [0.717, 1.165) is 5.56 Å². The number of hydrogen-bond donors (Lipinski definition) is 0. The minimum Gasteiger partial charge on any atom is -0.444 e. The van der Waals surface area contributed by atoms with Crippen molar-refractivity contribution in [3.05, 3.63) is 42.1 Å². The van der Waals surface area contributed by atoms with Crippen LogP contribution in [0.3, 0.4) is 0 Å². The second-order valence-corrected chi connectivity index (χ2v) is 9.48. The number of ether oxygens (including phenoxy) is 1. The van der Waals surface area contributed by atoms with Gasteiger partial charge in [-0.15, -0.1) is 23.4 Å². The molecular weight excluding hydrogens is 426 g/mol. The Kier molecular flexibility index (Phi) is 6.60. The molecule has 1 aromatic rings. The molecule has 31 heavy (non-hydrogen) atoms. The molecule has 2 bridgehead atoms. The Bertz CT molecular complexity index is 858. The fourth-order valence-corrected chi connectivity index (χ4v) is 4.66. The molecule has 2 aliphatic heterocycles. The highest BCUT2D eigenvalue weighted by Crippen LogP contribution is 2.47. The molecule has 3 atom stereocenters. The molecular formula is C22H29ClF2N4O2. The van der Waals surface area contributed by atoms with E-state index in [0.29, 0.717) is 25.2 Å². The van der Waals surface area contributed by atoms with Gasteiger partial charge in [-0.2, -0.15) is 0 Å². The number of nitrogens with zero attached hydrogens (tertiary/aromatic N) is 4. The van der Waals surface area contributed by atoms with Crippen LogP contribution in [0.15, 0.2) is 31.4 Å². The third-order valence-corrected chi connectivity index (χ3v) is 5.78. The molecule has 1 unspecified atom stereocenters. The molecule has 170 valence electrons. The van der Waals surface area contributed by atoms with E-state index in [2.05, 4.69) is 23.4 Å². The van der Waals surface area contributed by atoms with Gasteiger partial charge in [0, 0.05) is 30.6 Å². The van der Waals surface area contributed by atoms with Crippen LogP contribution in [0.1, 0.15) is 45.6 Å². The first kappa shape index (κ1) is 23.4. The summed E-state index contributed by atoms with van der Waals surface area (Å²) < 4.78 is 35.2. The van der Waals surface area contributed by atoms with Gasteiger partial charge in [0.05, 0.1) is 0 Å². The van der Waals surface area contributed by atoms with E-state index < -0.39 is 29.7 Å². The normalized spacial score (nSPS) is 24.6. The average Bonchev–Trinajstić information content (AvgIpc) is 2.80. The maximum atomic E-state index is 14.9. The second-order valence-electron chi connectivity index (χ2n) is 9.10. The van der Waals surface area contributed by atoms with Crippen molar-refractivity contribution in [1.29, 1.82) is 0 Å². The van der Waals surface area contributed by atoms with Crippen molar-refractivity contribution in [1.82, 2.24) is 15.1 Å². The van der Waals surface area contributed by atoms with Gasteiger partial charge in [0.2, 0.25) is 0 Å². The minimum absolute atomic E-state index is 0.0917. The molecule has 0 N–H and O–H groups in total. The van der Waals surface area contributed by atoms with Crippen molar-refractivity contribution < 1.29 is 18.3 Å². The lowest BCUT2D eigenvalue weighted by Crippen LogP contribution is -2.56. The van der Waals surface area contributed by atoms with Crippen LogP contribution < -0.4 is 4.90 Å². The smallest absolute Gasteiger partial charge is 0.411 e. The Hall–Kier alpha value is -2.22. The molecule has 3 heterocycles. The molecule has 0 aromatic carbocycles. The lowest BCUT2D eigenvalue weighted by molar-refractivity contribution is -0.0493.